The monoisotopic (exact) mass is 746 g/mol. The summed E-state index contributed by atoms with van der Waals surface area (Å²) in [6.07, 6.45) is 9.89. The third-order valence-electron chi connectivity index (χ3n) is 7.58. The van der Waals surface area contributed by atoms with E-state index in [4.69, 9.17) is 14.5 Å². The van der Waals surface area contributed by atoms with Crippen molar-refractivity contribution in [3.05, 3.63) is 94.0 Å². The molecule has 0 amide bonds. The summed E-state index contributed by atoms with van der Waals surface area (Å²) in [6, 6.07) is 21.8. The maximum Gasteiger partial charge on any atom is 0.0699 e. The molecule has 2 saturated heterocycles. The van der Waals surface area contributed by atoms with Crippen LogP contribution in [-0.2, 0) is 47.9 Å². The van der Waals surface area contributed by atoms with Gasteiger partial charge in [-0.05, 0) is 104 Å². The molecule has 0 saturated carbocycles. The minimum atomic E-state index is 0. The van der Waals surface area contributed by atoms with E-state index in [2.05, 4.69) is 102 Å². The van der Waals surface area contributed by atoms with Gasteiger partial charge in [0.05, 0.1) is 5.69 Å². The van der Waals surface area contributed by atoms with Gasteiger partial charge in [0.2, 0.25) is 0 Å². The molecule has 0 atom stereocenters. The number of rotatable bonds is 7. The van der Waals surface area contributed by atoms with Gasteiger partial charge in [-0.1, -0.05) is 82.3 Å². The minimum Gasteiger partial charge on any atom is -1.00 e. The van der Waals surface area contributed by atoms with Gasteiger partial charge in [0.25, 0.3) is 0 Å². The van der Waals surface area contributed by atoms with Gasteiger partial charge in [-0.15, -0.1) is 11.8 Å². The summed E-state index contributed by atoms with van der Waals surface area (Å²) >= 11 is 1.92. The van der Waals surface area contributed by atoms with Crippen LogP contribution in [0.5, 0.6) is 0 Å². The Balaban J connectivity index is 0.00000107. The summed E-state index contributed by atoms with van der Waals surface area (Å²) in [5, 5.41) is 0. The third kappa shape index (κ3) is 16.3. The average Bonchev–Trinajstić information content (AvgIpc) is 3.02. The molecule has 2 aliphatic heterocycles. The zero-order valence-corrected chi connectivity index (χ0v) is 33.5. The summed E-state index contributed by atoms with van der Waals surface area (Å²) in [7, 11) is 0. The molecule has 5 rings (SSSR count). The number of aliphatic imine (C=N–C) groups is 1. The number of halogens is 2. The zero-order chi connectivity index (χ0) is 30.2. The largest absolute Gasteiger partial charge is 1.00 e. The number of thioether (sulfide) groups is 1. The molecule has 0 bridgehead atoms. The maximum absolute atomic E-state index is 5.07. The van der Waals surface area contributed by atoms with Crippen molar-refractivity contribution >= 4 is 23.7 Å². The minimum absolute atomic E-state index is 0. The second kappa shape index (κ2) is 25.3. The van der Waals surface area contributed by atoms with Gasteiger partial charge < -0.3 is 34.3 Å². The molecule has 3 nitrogen and oxygen atoms in total. The summed E-state index contributed by atoms with van der Waals surface area (Å²) in [5.74, 6) is 1.87. The number of benzene rings is 3. The standard InChI is InChI=1S/C28H33NS.2C5H10O.2ClH.Y/c1-19(2)25-14-9-15-26(20(3)4)27(25)29-17-23-12-8-13-24(16-23)18-30-28-21(5)10-7-11-22(28)6;2*1-2-4-6-5-3-1;;;/h7-17,19-20H,18H2,1-6H3;2*1-5H2;2*1H;/p-2. The second-order valence-electron chi connectivity index (χ2n) is 12.0. The van der Waals surface area contributed by atoms with E-state index in [0.717, 1.165) is 43.4 Å². The topological polar surface area (TPSA) is 30.8 Å². The van der Waals surface area contributed by atoms with E-state index in [0.29, 0.717) is 11.8 Å². The van der Waals surface area contributed by atoms with Gasteiger partial charge in [0, 0.05) is 76.0 Å². The summed E-state index contributed by atoms with van der Waals surface area (Å²) in [6.45, 7) is 17.3. The number of aryl methyl sites for hydroxylation is 2. The predicted molar refractivity (Wildman–Crippen MR) is 183 cm³/mol. The molecular weight excluding hydrogens is 694 g/mol. The van der Waals surface area contributed by atoms with Crippen LogP contribution in [0.25, 0.3) is 0 Å². The van der Waals surface area contributed by atoms with Crippen molar-refractivity contribution in [2.24, 2.45) is 4.99 Å². The average molecular weight is 748 g/mol. The van der Waals surface area contributed by atoms with Crippen LogP contribution >= 0.6 is 11.8 Å². The molecule has 0 unspecified atom stereocenters. The van der Waals surface area contributed by atoms with Crippen LogP contribution in [-0.4, -0.2) is 32.6 Å². The van der Waals surface area contributed by atoms with Crippen molar-refractivity contribution in [1.29, 1.82) is 0 Å². The number of hydrogen-bond donors (Lipinski definition) is 0. The van der Waals surface area contributed by atoms with Crippen LogP contribution in [0.1, 0.15) is 111 Å². The number of nitrogens with zero attached hydrogens (tertiary/aromatic N) is 1. The third-order valence-corrected chi connectivity index (χ3v) is 8.99. The molecular formula is C38H53Cl2NO2SY-2. The Hall–Kier alpha value is -0.716. The van der Waals surface area contributed by atoms with E-state index in [1.165, 1.54) is 71.2 Å². The summed E-state index contributed by atoms with van der Waals surface area (Å²) in [4.78, 5) is 6.37. The first-order chi connectivity index (χ1) is 20.4. The first-order valence-electron chi connectivity index (χ1n) is 16.0. The van der Waals surface area contributed by atoms with E-state index in [1.807, 2.05) is 18.0 Å². The smallest absolute Gasteiger partial charge is 0.0699 e. The Morgan fingerprint density at radius 3 is 1.58 bits per heavy atom. The molecule has 0 aromatic heterocycles. The first kappa shape index (κ1) is 44.3. The van der Waals surface area contributed by atoms with Crippen LogP contribution in [0.15, 0.2) is 70.6 Å². The molecule has 2 aliphatic rings. The van der Waals surface area contributed by atoms with E-state index in [1.54, 1.807) is 0 Å². The van der Waals surface area contributed by atoms with Crippen molar-refractivity contribution < 1.29 is 67.0 Å². The molecule has 45 heavy (non-hydrogen) atoms. The molecule has 3 aromatic rings. The van der Waals surface area contributed by atoms with Gasteiger partial charge >= 0.3 is 0 Å². The van der Waals surface area contributed by atoms with Gasteiger partial charge in [-0.25, -0.2) is 0 Å². The maximum atomic E-state index is 5.07. The normalized spacial score (nSPS) is 14.2. The quantitative estimate of drug-likeness (QED) is 0.253. The molecule has 0 spiro atoms. The first-order valence-corrected chi connectivity index (χ1v) is 17.0. The number of para-hydroxylation sites is 1. The van der Waals surface area contributed by atoms with E-state index >= 15 is 0 Å². The second-order valence-corrected chi connectivity index (χ2v) is 12.9. The van der Waals surface area contributed by atoms with Gasteiger partial charge in [-0.2, -0.15) is 0 Å². The van der Waals surface area contributed by atoms with Crippen LogP contribution in [0.2, 0.25) is 0 Å². The van der Waals surface area contributed by atoms with Crippen molar-refractivity contribution in [3.63, 3.8) is 0 Å². The summed E-state index contributed by atoms with van der Waals surface area (Å²) < 4.78 is 10.1. The van der Waals surface area contributed by atoms with E-state index in [9.17, 15) is 0 Å². The van der Waals surface area contributed by atoms with Crippen LogP contribution in [0.3, 0.4) is 0 Å². The van der Waals surface area contributed by atoms with Gasteiger partial charge in [-0.3, -0.25) is 4.99 Å². The zero-order valence-electron chi connectivity index (χ0n) is 28.3. The van der Waals surface area contributed by atoms with E-state index in [-0.39, 0.29) is 57.5 Å². The number of ether oxygens (including phenoxy) is 2. The van der Waals surface area contributed by atoms with Gasteiger partial charge in [0.1, 0.15) is 0 Å². The molecule has 3 aromatic carbocycles. The Bertz CT molecular complexity index is 1160. The molecule has 2 fully saturated rings. The molecule has 0 aliphatic carbocycles. The predicted octanol–water partition coefficient (Wildman–Crippen LogP) is 4.97. The Morgan fingerprint density at radius 2 is 1.16 bits per heavy atom. The molecule has 1 radical (unpaired) electrons. The molecule has 0 N–H and O–H groups in total. The number of hydrogen-bond acceptors (Lipinski definition) is 4. The summed E-state index contributed by atoms with van der Waals surface area (Å²) in [5.41, 5.74) is 8.96. The fraction of sp³-hybridized carbons (Fsp3) is 0.500. The van der Waals surface area contributed by atoms with Gasteiger partial charge in [0.15, 0.2) is 0 Å². The van der Waals surface area contributed by atoms with Crippen molar-refractivity contribution in [2.75, 3.05) is 26.4 Å². The molecule has 2 heterocycles. The SMILES string of the molecule is C1CCOCC1.C1CCOCC1.Cc1cccc(C)c1SCc1cccc(C=Nc2c(C(C)C)cccc2C(C)C)c1.[Cl-].[Cl-].[Y]. The molecule has 7 heteroatoms. The Kier molecular flexibility index (Phi) is 24.9. The van der Waals surface area contributed by atoms with Crippen LogP contribution < -0.4 is 24.8 Å². The fourth-order valence-corrected chi connectivity index (χ4v) is 6.20. The Labute approximate surface area is 316 Å². The van der Waals surface area contributed by atoms with Crippen molar-refractivity contribution in [1.82, 2.24) is 0 Å². The molecule has 247 valence electrons. The fourth-order valence-electron chi connectivity index (χ4n) is 5.12. The Morgan fingerprint density at radius 1 is 0.689 bits per heavy atom. The van der Waals surface area contributed by atoms with Crippen LogP contribution in [0.4, 0.5) is 5.69 Å². The van der Waals surface area contributed by atoms with Crippen LogP contribution in [0, 0.1) is 13.8 Å². The van der Waals surface area contributed by atoms with Crippen molar-refractivity contribution in [2.45, 2.75) is 103 Å². The van der Waals surface area contributed by atoms with E-state index < -0.39 is 0 Å². The van der Waals surface area contributed by atoms with Crippen molar-refractivity contribution in [3.8, 4) is 0 Å².